The maximum absolute atomic E-state index is 11.9. The molecule has 0 aromatic heterocycles. The van der Waals surface area contributed by atoms with Crippen LogP contribution in [0, 0.1) is 0 Å². The first-order chi connectivity index (χ1) is 8.77. The Labute approximate surface area is 112 Å². The predicted octanol–water partition coefficient (Wildman–Crippen LogP) is 5.74. The van der Waals surface area contributed by atoms with Gasteiger partial charge in [0.25, 0.3) is 0 Å². The fourth-order valence-electron chi connectivity index (χ4n) is 1.97. The van der Waals surface area contributed by atoms with Crippen LogP contribution in [0.1, 0.15) is 84.0 Å². The zero-order valence-electron chi connectivity index (χ0n) is 11.9. The van der Waals surface area contributed by atoms with Gasteiger partial charge in [0, 0.05) is 6.42 Å². The quantitative estimate of drug-likeness (QED) is 0.233. The smallest absolute Gasteiger partial charge is 0.261 e. The van der Waals surface area contributed by atoms with Crippen molar-refractivity contribution in [1.29, 1.82) is 0 Å². The van der Waals surface area contributed by atoms with E-state index in [-0.39, 0.29) is 6.42 Å². The standard InChI is InChI=1S/C16H29FO/c1-2-3-4-5-6-7-8-9-10-11-12-13-14-15-16(17)18/h5-6H,2-4,7-15H2,1H3/b6-5-. The van der Waals surface area contributed by atoms with Gasteiger partial charge in [0.05, 0.1) is 0 Å². The van der Waals surface area contributed by atoms with Crippen molar-refractivity contribution < 1.29 is 9.18 Å². The van der Waals surface area contributed by atoms with Gasteiger partial charge in [-0.05, 0) is 25.7 Å². The predicted molar refractivity (Wildman–Crippen MR) is 76.3 cm³/mol. The van der Waals surface area contributed by atoms with E-state index in [2.05, 4.69) is 19.1 Å². The number of unbranched alkanes of at least 4 members (excludes halogenated alkanes) is 9. The van der Waals surface area contributed by atoms with Crippen LogP contribution in [0.25, 0.3) is 0 Å². The molecule has 2 heteroatoms. The highest BCUT2D eigenvalue weighted by Gasteiger charge is 1.97. The zero-order chi connectivity index (χ0) is 13.5. The number of hydrogen-bond donors (Lipinski definition) is 0. The largest absolute Gasteiger partial charge is 0.301 e. The minimum Gasteiger partial charge on any atom is -0.261 e. The third-order valence-electron chi connectivity index (χ3n) is 3.14. The Morgan fingerprint density at radius 3 is 1.89 bits per heavy atom. The minimum atomic E-state index is -1.16. The lowest BCUT2D eigenvalue weighted by molar-refractivity contribution is -0.129. The molecule has 0 aliphatic rings. The van der Waals surface area contributed by atoms with Gasteiger partial charge in [-0.2, -0.15) is 4.39 Å². The van der Waals surface area contributed by atoms with Gasteiger partial charge in [0.15, 0.2) is 0 Å². The summed E-state index contributed by atoms with van der Waals surface area (Å²) in [4.78, 5) is 10.1. The number of carbonyl (C=O) groups is 1. The Bertz CT molecular complexity index is 211. The molecule has 18 heavy (non-hydrogen) atoms. The fraction of sp³-hybridized carbons (Fsp3) is 0.812. The molecular formula is C16H29FO. The second-order valence-corrected chi connectivity index (χ2v) is 4.98. The van der Waals surface area contributed by atoms with Gasteiger partial charge < -0.3 is 0 Å². The van der Waals surface area contributed by atoms with E-state index in [1.807, 2.05) is 0 Å². The van der Waals surface area contributed by atoms with Gasteiger partial charge in [-0.25, -0.2) is 0 Å². The Kier molecular flexibility index (Phi) is 13.9. The van der Waals surface area contributed by atoms with E-state index in [9.17, 15) is 9.18 Å². The van der Waals surface area contributed by atoms with E-state index in [0.29, 0.717) is 0 Å². The zero-order valence-corrected chi connectivity index (χ0v) is 11.9. The summed E-state index contributed by atoms with van der Waals surface area (Å²) in [6.45, 7) is 2.22. The highest BCUT2D eigenvalue weighted by molar-refractivity contribution is 5.67. The van der Waals surface area contributed by atoms with Crippen molar-refractivity contribution in [2.75, 3.05) is 0 Å². The van der Waals surface area contributed by atoms with Crippen molar-refractivity contribution in [2.45, 2.75) is 84.0 Å². The third-order valence-corrected chi connectivity index (χ3v) is 3.14. The molecule has 0 unspecified atom stereocenters. The van der Waals surface area contributed by atoms with Crippen LogP contribution in [0.15, 0.2) is 12.2 Å². The topological polar surface area (TPSA) is 17.1 Å². The third kappa shape index (κ3) is 15.3. The summed E-state index contributed by atoms with van der Waals surface area (Å²) in [7, 11) is 0. The van der Waals surface area contributed by atoms with Crippen LogP contribution >= 0.6 is 0 Å². The van der Waals surface area contributed by atoms with Crippen LogP contribution in [0.4, 0.5) is 4.39 Å². The maximum Gasteiger partial charge on any atom is 0.301 e. The van der Waals surface area contributed by atoms with E-state index >= 15 is 0 Å². The molecule has 0 radical (unpaired) electrons. The maximum atomic E-state index is 11.9. The van der Waals surface area contributed by atoms with Gasteiger partial charge in [0.1, 0.15) is 0 Å². The molecule has 1 nitrogen and oxygen atoms in total. The molecule has 0 spiro atoms. The van der Waals surface area contributed by atoms with Crippen LogP contribution in [-0.2, 0) is 4.79 Å². The summed E-state index contributed by atoms with van der Waals surface area (Å²) in [6.07, 6.45) is 17.7. The molecule has 0 bridgehead atoms. The lowest BCUT2D eigenvalue weighted by Gasteiger charge is -1.99. The van der Waals surface area contributed by atoms with Crippen molar-refractivity contribution >= 4 is 6.04 Å². The van der Waals surface area contributed by atoms with E-state index < -0.39 is 6.04 Å². The van der Waals surface area contributed by atoms with Gasteiger partial charge >= 0.3 is 6.04 Å². The number of halogens is 1. The molecule has 0 aliphatic carbocycles. The summed E-state index contributed by atoms with van der Waals surface area (Å²) in [5.41, 5.74) is 0. The Morgan fingerprint density at radius 1 is 0.833 bits per heavy atom. The SMILES string of the molecule is CCCC/C=C\CCCCCCCCCC(=O)F. The van der Waals surface area contributed by atoms with Crippen LogP contribution in [0.2, 0.25) is 0 Å². The molecule has 0 N–H and O–H groups in total. The molecule has 0 atom stereocenters. The van der Waals surface area contributed by atoms with Crippen molar-refractivity contribution in [1.82, 2.24) is 0 Å². The molecule has 0 amide bonds. The highest BCUT2D eigenvalue weighted by atomic mass is 19.1. The molecule has 0 rings (SSSR count). The molecule has 106 valence electrons. The molecule has 0 saturated heterocycles. The van der Waals surface area contributed by atoms with Crippen molar-refractivity contribution in [3.8, 4) is 0 Å². The lowest BCUT2D eigenvalue weighted by atomic mass is 10.1. The molecule has 0 saturated carbocycles. The molecular weight excluding hydrogens is 227 g/mol. The monoisotopic (exact) mass is 256 g/mol. The van der Waals surface area contributed by atoms with Gasteiger partial charge in [-0.1, -0.05) is 64.0 Å². The van der Waals surface area contributed by atoms with E-state index in [4.69, 9.17) is 0 Å². The average Bonchev–Trinajstić information content (AvgIpc) is 2.34. The summed E-state index contributed by atoms with van der Waals surface area (Å²) < 4.78 is 11.9. The Balaban J connectivity index is 3.03. The molecule has 0 heterocycles. The van der Waals surface area contributed by atoms with Crippen molar-refractivity contribution in [2.24, 2.45) is 0 Å². The molecule has 0 aromatic rings. The second kappa shape index (κ2) is 14.4. The molecule has 0 fully saturated rings. The van der Waals surface area contributed by atoms with Gasteiger partial charge in [-0.15, -0.1) is 0 Å². The van der Waals surface area contributed by atoms with Crippen LogP contribution < -0.4 is 0 Å². The van der Waals surface area contributed by atoms with Gasteiger partial charge in [-0.3, -0.25) is 4.79 Å². The Morgan fingerprint density at radius 2 is 1.33 bits per heavy atom. The number of rotatable bonds is 13. The molecule has 0 aliphatic heterocycles. The van der Waals surface area contributed by atoms with E-state index in [1.165, 1.54) is 51.4 Å². The summed E-state index contributed by atoms with van der Waals surface area (Å²) in [5.74, 6) is 0. The van der Waals surface area contributed by atoms with E-state index in [0.717, 1.165) is 19.3 Å². The van der Waals surface area contributed by atoms with Crippen molar-refractivity contribution in [3.63, 3.8) is 0 Å². The summed E-state index contributed by atoms with van der Waals surface area (Å²) >= 11 is 0. The number of carbonyl (C=O) groups excluding carboxylic acids is 1. The first kappa shape index (κ1) is 17.3. The fourth-order valence-corrected chi connectivity index (χ4v) is 1.97. The second-order valence-electron chi connectivity index (χ2n) is 4.98. The summed E-state index contributed by atoms with van der Waals surface area (Å²) in [5, 5.41) is 0. The van der Waals surface area contributed by atoms with Gasteiger partial charge in [0.2, 0.25) is 0 Å². The first-order valence-electron chi connectivity index (χ1n) is 7.60. The average molecular weight is 256 g/mol. The summed E-state index contributed by atoms with van der Waals surface area (Å²) in [6, 6.07) is -1.16. The first-order valence-corrected chi connectivity index (χ1v) is 7.60. The van der Waals surface area contributed by atoms with Crippen LogP contribution in [0.3, 0.4) is 0 Å². The highest BCUT2D eigenvalue weighted by Crippen LogP contribution is 2.10. The Hall–Kier alpha value is -0.660. The van der Waals surface area contributed by atoms with Crippen LogP contribution in [0.5, 0.6) is 0 Å². The minimum absolute atomic E-state index is 0.114. The number of hydrogen-bond acceptors (Lipinski definition) is 1. The van der Waals surface area contributed by atoms with Crippen LogP contribution in [-0.4, -0.2) is 6.04 Å². The lowest BCUT2D eigenvalue weighted by Crippen LogP contribution is -1.87. The van der Waals surface area contributed by atoms with E-state index in [1.54, 1.807) is 0 Å². The molecule has 0 aromatic carbocycles. The van der Waals surface area contributed by atoms with Crippen molar-refractivity contribution in [3.05, 3.63) is 12.2 Å². The normalized spacial score (nSPS) is 11.2. The number of allylic oxidation sites excluding steroid dienone is 2.